The Hall–Kier alpha value is -2.36. The van der Waals surface area contributed by atoms with Crippen LogP contribution in [0, 0.1) is 6.92 Å². The fourth-order valence-electron chi connectivity index (χ4n) is 1.83. The van der Waals surface area contributed by atoms with Gasteiger partial charge >= 0.3 is 0 Å². The van der Waals surface area contributed by atoms with E-state index in [4.69, 9.17) is 4.74 Å². The molecule has 0 aliphatic carbocycles. The lowest BCUT2D eigenvalue weighted by molar-refractivity contribution is 0.0950. The van der Waals surface area contributed by atoms with Gasteiger partial charge in [0.15, 0.2) is 0 Å². The van der Waals surface area contributed by atoms with E-state index in [0.717, 1.165) is 16.9 Å². The van der Waals surface area contributed by atoms with Gasteiger partial charge in [-0.3, -0.25) is 9.78 Å². The van der Waals surface area contributed by atoms with Crippen LogP contribution in [0.3, 0.4) is 0 Å². The molecule has 1 aromatic heterocycles. The summed E-state index contributed by atoms with van der Waals surface area (Å²) in [5.41, 5.74) is 2.69. The molecule has 1 heterocycles. The largest absolute Gasteiger partial charge is 0.496 e. The Morgan fingerprint density at radius 2 is 2.00 bits per heavy atom. The number of carbonyl (C=O) groups excluding carboxylic acids is 1. The van der Waals surface area contributed by atoms with E-state index in [1.807, 2.05) is 25.1 Å². The summed E-state index contributed by atoms with van der Waals surface area (Å²) in [5.74, 6) is 0.659. The van der Waals surface area contributed by atoms with E-state index >= 15 is 0 Å². The van der Waals surface area contributed by atoms with E-state index < -0.39 is 0 Å². The van der Waals surface area contributed by atoms with Crippen LogP contribution in [0.1, 0.15) is 21.5 Å². The zero-order valence-corrected chi connectivity index (χ0v) is 11.0. The van der Waals surface area contributed by atoms with Crippen molar-refractivity contribution < 1.29 is 9.53 Å². The Morgan fingerprint density at radius 3 is 2.68 bits per heavy atom. The summed E-state index contributed by atoms with van der Waals surface area (Å²) >= 11 is 0. The van der Waals surface area contributed by atoms with Gasteiger partial charge in [-0.2, -0.15) is 0 Å². The Balaban J connectivity index is 2.07. The number of carbonyl (C=O) groups is 1. The molecule has 0 atom stereocenters. The van der Waals surface area contributed by atoms with Crippen molar-refractivity contribution in [2.45, 2.75) is 13.5 Å². The summed E-state index contributed by atoms with van der Waals surface area (Å²) in [6.07, 6.45) is 3.20. The molecule has 1 amide bonds. The summed E-state index contributed by atoms with van der Waals surface area (Å²) < 4.78 is 5.28. The van der Waals surface area contributed by atoms with Crippen LogP contribution in [0.2, 0.25) is 0 Å². The van der Waals surface area contributed by atoms with Crippen LogP contribution in [0.15, 0.2) is 42.7 Å². The minimum Gasteiger partial charge on any atom is -0.496 e. The predicted molar refractivity (Wildman–Crippen MR) is 73.1 cm³/mol. The molecule has 1 N–H and O–H groups in total. The van der Waals surface area contributed by atoms with Gasteiger partial charge in [-0.25, -0.2) is 0 Å². The minimum atomic E-state index is -0.119. The topological polar surface area (TPSA) is 51.2 Å². The van der Waals surface area contributed by atoms with Crippen molar-refractivity contribution in [3.8, 4) is 5.75 Å². The van der Waals surface area contributed by atoms with E-state index in [1.165, 1.54) is 0 Å². The van der Waals surface area contributed by atoms with Gasteiger partial charge in [0.25, 0.3) is 5.91 Å². The molecule has 2 rings (SSSR count). The predicted octanol–water partition coefficient (Wildman–Crippen LogP) is 2.33. The third-order valence-corrected chi connectivity index (χ3v) is 2.82. The molecular weight excluding hydrogens is 240 g/mol. The molecule has 0 unspecified atom stereocenters. The lowest BCUT2D eigenvalue weighted by Gasteiger charge is -2.10. The molecule has 0 bridgehead atoms. The number of rotatable bonds is 4. The number of amides is 1. The fraction of sp³-hybridized carbons (Fsp3) is 0.200. The maximum Gasteiger partial charge on any atom is 0.251 e. The van der Waals surface area contributed by atoms with Crippen molar-refractivity contribution in [2.24, 2.45) is 0 Å². The lowest BCUT2D eigenvalue weighted by atomic mass is 10.1. The van der Waals surface area contributed by atoms with Crippen molar-refractivity contribution in [3.63, 3.8) is 0 Å². The zero-order valence-electron chi connectivity index (χ0n) is 11.0. The monoisotopic (exact) mass is 256 g/mol. The second-order valence-corrected chi connectivity index (χ2v) is 4.23. The Labute approximate surface area is 112 Å². The lowest BCUT2D eigenvalue weighted by Crippen LogP contribution is -2.23. The molecule has 1 aromatic carbocycles. The number of nitrogens with zero attached hydrogens (tertiary/aromatic N) is 1. The molecular formula is C15H16N2O2. The standard InChI is InChI=1S/C15H16N2O2/c1-11-3-4-14(19-2)13(9-11)10-17-15(18)12-5-7-16-8-6-12/h3-9H,10H2,1-2H3,(H,17,18). The summed E-state index contributed by atoms with van der Waals surface area (Å²) in [4.78, 5) is 15.8. The highest BCUT2D eigenvalue weighted by Gasteiger charge is 2.07. The quantitative estimate of drug-likeness (QED) is 0.913. The molecule has 0 aliphatic rings. The number of aromatic nitrogens is 1. The van der Waals surface area contributed by atoms with Gasteiger partial charge in [0, 0.05) is 30.1 Å². The van der Waals surface area contributed by atoms with Gasteiger partial charge in [-0.1, -0.05) is 17.7 Å². The number of aryl methyl sites for hydroxylation is 1. The maximum absolute atomic E-state index is 11.9. The number of nitrogens with one attached hydrogen (secondary N) is 1. The normalized spacial score (nSPS) is 10.0. The molecule has 0 saturated heterocycles. The number of hydrogen-bond acceptors (Lipinski definition) is 3. The number of hydrogen-bond donors (Lipinski definition) is 1. The number of ether oxygens (including phenoxy) is 1. The second-order valence-electron chi connectivity index (χ2n) is 4.23. The van der Waals surface area contributed by atoms with Crippen LogP contribution >= 0.6 is 0 Å². The van der Waals surface area contributed by atoms with E-state index in [0.29, 0.717) is 12.1 Å². The first-order valence-electron chi connectivity index (χ1n) is 6.02. The summed E-state index contributed by atoms with van der Waals surface area (Å²) in [5, 5.41) is 2.87. The van der Waals surface area contributed by atoms with Crippen molar-refractivity contribution in [1.82, 2.24) is 10.3 Å². The summed E-state index contributed by atoms with van der Waals surface area (Å²) in [6, 6.07) is 9.26. The van der Waals surface area contributed by atoms with Gasteiger partial charge in [0.05, 0.1) is 7.11 Å². The molecule has 0 fully saturated rings. The smallest absolute Gasteiger partial charge is 0.251 e. The van der Waals surface area contributed by atoms with Crippen molar-refractivity contribution in [3.05, 3.63) is 59.4 Å². The minimum absolute atomic E-state index is 0.119. The van der Waals surface area contributed by atoms with Crippen LogP contribution < -0.4 is 10.1 Å². The van der Waals surface area contributed by atoms with E-state index in [-0.39, 0.29) is 5.91 Å². The summed E-state index contributed by atoms with van der Waals surface area (Å²) in [6.45, 7) is 2.44. The number of benzene rings is 1. The third kappa shape index (κ3) is 3.31. The molecule has 98 valence electrons. The second kappa shape index (κ2) is 6.00. The van der Waals surface area contributed by atoms with Crippen LogP contribution in [0.5, 0.6) is 5.75 Å². The average molecular weight is 256 g/mol. The van der Waals surface area contributed by atoms with E-state index in [1.54, 1.807) is 31.6 Å². The first-order valence-corrected chi connectivity index (χ1v) is 6.02. The molecule has 0 saturated carbocycles. The third-order valence-electron chi connectivity index (χ3n) is 2.82. The average Bonchev–Trinajstić information content (AvgIpc) is 2.46. The van der Waals surface area contributed by atoms with Gasteiger partial charge in [0.2, 0.25) is 0 Å². The highest BCUT2D eigenvalue weighted by molar-refractivity contribution is 5.93. The highest BCUT2D eigenvalue weighted by atomic mass is 16.5. The summed E-state index contributed by atoms with van der Waals surface area (Å²) in [7, 11) is 1.62. The zero-order chi connectivity index (χ0) is 13.7. The van der Waals surface area contributed by atoms with Crippen LogP contribution in [0.25, 0.3) is 0 Å². The van der Waals surface area contributed by atoms with Crippen molar-refractivity contribution in [1.29, 1.82) is 0 Å². The molecule has 0 radical (unpaired) electrons. The number of pyridine rings is 1. The van der Waals surface area contributed by atoms with Gasteiger partial charge in [0.1, 0.15) is 5.75 Å². The van der Waals surface area contributed by atoms with E-state index in [2.05, 4.69) is 10.3 Å². The molecule has 2 aromatic rings. The SMILES string of the molecule is COc1ccc(C)cc1CNC(=O)c1ccncc1. The Kier molecular flexibility index (Phi) is 4.13. The Morgan fingerprint density at radius 1 is 1.26 bits per heavy atom. The first kappa shape index (κ1) is 13.1. The van der Waals surface area contributed by atoms with Crippen molar-refractivity contribution in [2.75, 3.05) is 7.11 Å². The van der Waals surface area contributed by atoms with Gasteiger partial charge < -0.3 is 10.1 Å². The van der Waals surface area contributed by atoms with Crippen molar-refractivity contribution >= 4 is 5.91 Å². The molecule has 0 aliphatic heterocycles. The molecule has 4 nitrogen and oxygen atoms in total. The van der Waals surface area contributed by atoms with Crippen LogP contribution in [-0.2, 0) is 6.54 Å². The van der Waals surface area contributed by atoms with Crippen LogP contribution in [0.4, 0.5) is 0 Å². The first-order chi connectivity index (χ1) is 9.20. The number of methoxy groups -OCH3 is 1. The molecule has 4 heteroatoms. The molecule has 0 spiro atoms. The van der Waals surface area contributed by atoms with Crippen LogP contribution in [-0.4, -0.2) is 18.0 Å². The highest BCUT2D eigenvalue weighted by Crippen LogP contribution is 2.19. The van der Waals surface area contributed by atoms with E-state index in [9.17, 15) is 4.79 Å². The Bertz CT molecular complexity index is 568. The maximum atomic E-state index is 11.9. The fourth-order valence-corrected chi connectivity index (χ4v) is 1.83. The van der Waals surface area contributed by atoms with Gasteiger partial charge in [-0.05, 0) is 25.1 Å². The van der Waals surface area contributed by atoms with Gasteiger partial charge in [-0.15, -0.1) is 0 Å². The molecule has 19 heavy (non-hydrogen) atoms.